The molecule has 0 aliphatic rings. The molecule has 0 spiro atoms. The highest BCUT2D eigenvalue weighted by atomic mass is 16.5. The van der Waals surface area contributed by atoms with E-state index in [1.807, 2.05) is 0 Å². The predicted molar refractivity (Wildman–Crippen MR) is 52.0 cm³/mol. The van der Waals surface area contributed by atoms with Gasteiger partial charge in [-0.05, 0) is 18.9 Å². The summed E-state index contributed by atoms with van der Waals surface area (Å²) in [6, 6.07) is 0. The first kappa shape index (κ1) is 12.2. The van der Waals surface area contributed by atoms with Gasteiger partial charge in [-0.25, -0.2) is 0 Å². The molecule has 1 heterocycles. The van der Waals surface area contributed by atoms with Crippen LogP contribution < -0.4 is 5.11 Å². The number of carboxylic acids is 1. The second-order valence-corrected chi connectivity index (χ2v) is 3.35. The summed E-state index contributed by atoms with van der Waals surface area (Å²) in [5.74, 6) is -3.47. The normalized spacial score (nSPS) is 12.1. The Bertz CT molecular complexity index is 386. The second-order valence-electron chi connectivity index (χ2n) is 3.35. The Hall–Kier alpha value is -1.85. The number of rotatable bonds is 5. The molecule has 0 aliphatic heterocycles. The monoisotopic (exact) mass is 225 g/mol. The third kappa shape index (κ3) is 3.08. The maximum Gasteiger partial charge on any atom is 0.314 e. The summed E-state index contributed by atoms with van der Waals surface area (Å²) < 4.78 is 6.19. The number of esters is 1. The smallest absolute Gasteiger partial charge is 0.314 e. The molecule has 0 amide bonds. The molecule has 0 saturated heterocycles. The fourth-order valence-electron chi connectivity index (χ4n) is 1.32. The van der Waals surface area contributed by atoms with Crippen LogP contribution in [0.25, 0.3) is 0 Å². The van der Waals surface area contributed by atoms with E-state index in [9.17, 15) is 14.7 Å². The molecule has 6 heteroatoms. The lowest BCUT2D eigenvalue weighted by molar-refractivity contribution is -0.310. The van der Waals surface area contributed by atoms with E-state index in [0.29, 0.717) is 5.56 Å². The summed E-state index contributed by atoms with van der Waals surface area (Å²) in [7, 11) is 1.71. The minimum atomic E-state index is -1.43. The third-order valence-electron chi connectivity index (χ3n) is 2.05. The molecule has 0 saturated carbocycles. The maximum atomic E-state index is 11.3. The summed E-state index contributed by atoms with van der Waals surface area (Å²) in [5, 5.41) is 14.7. The second kappa shape index (κ2) is 5.29. The lowest BCUT2D eigenvalue weighted by Gasteiger charge is -2.15. The number of aryl methyl sites for hydroxylation is 1. The zero-order valence-corrected chi connectivity index (χ0v) is 9.17. The maximum absolute atomic E-state index is 11.3. The molecule has 1 aromatic rings. The van der Waals surface area contributed by atoms with Crippen molar-refractivity contribution in [3.63, 3.8) is 0 Å². The summed E-state index contributed by atoms with van der Waals surface area (Å²) in [6.07, 6.45) is 3.19. The number of hydrogen-bond donors (Lipinski definition) is 0. The van der Waals surface area contributed by atoms with Crippen molar-refractivity contribution in [1.29, 1.82) is 0 Å². The molecular weight excluding hydrogens is 212 g/mol. The zero-order chi connectivity index (χ0) is 12.1. The molecule has 1 aromatic heterocycles. The molecule has 0 aromatic carbocycles. The number of aliphatic carboxylic acids is 1. The summed E-state index contributed by atoms with van der Waals surface area (Å²) in [5.41, 5.74) is 0.657. The lowest BCUT2D eigenvalue weighted by atomic mass is 10.0. The van der Waals surface area contributed by atoms with Crippen molar-refractivity contribution >= 4 is 11.9 Å². The van der Waals surface area contributed by atoms with Crippen molar-refractivity contribution < 1.29 is 19.4 Å². The third-order valence-corrected chi connectivity index (χ3v) is 2.05. The highest BCUT2D eigenvalue weighted by molar-refractivity contribution is 5.93. The van der Waals surface area contributed by atoms with Gasteiger partial charge in [0.05, 0.1) is 18.8 Å². The molecule has 88 valence electrons. The van der Waals surface area contributed by atoms with Crippen LogP contribution >= 0.6 is 0 Å². The van der Waals surface area contributed by atoms with Gasteiger partial charge in [-0.1, -0.05) is 0 Å². The summed E-state index contributed by atoms with van der Waals surface area (Å²) in [4.78, 5) is 22.1. The molecule has 0 fully saturated rings. The van der Waals surface area contributed by atoms with Gasteiger partial charge in [0.1, 0.15) is 5.92 Å². The van der Waals surface area contributed by atoms with Gasteiger partial charge in [0, 0.05) is 13.2 Å². The topological polar surface area (TPSA) is 84.2 Å². The van der Waals surface area contributed by atoms with E-state index in [2.05, 4.69) is 9.84 Å². The van der Waals surface area contributed by atoms with E-state index in [1.165, 1.54) is 10.9 Å². The average Bonchev–Trinajstić information content (AvgIpc) is 2.60. The Morgan fingerprint density at radius 2 is 2.31 bits per heavy atom. The number of aromatic nitrogens is 2. The lowest BCUT2D eigenvalue weighted by Crippen LogP contribution is -2.38. The first-order valence-corrected chi connectivity index (χ1v) is 4.89. The van der Waals surface area contributed by atoms with E-state index >= 15 is 0 Å². The van der Waals surface area contributed by atoms with Gasteiger partial charge in [-0.3, -0.25) is 9.48 Å². The molecule has 0 aliphatic carbocycles. The van der Waals surface area contributed by atoms with Gasteiger partial charge < -0.3 is 14.6 Å². The van der Waals surface area contributed by atoms with Crippen LogP contribution in [0.2, 0.25) is 0 Å². The molecule has 16 heavy (non-hydrogen) atoms. The first-order chi connectivity index (χ1) is 7.54. The fraction of sp³-hybridized carbons (Fsp3) is 0.500. The van der Waals surface area contributed by atoms with Crippen LogP contribution in [-0.2, 0) is 27.8 Å². The molecule has 6 nitrogen and oxygen atoms in total. The van der Waals surface area contributed by atoms with Crippen LogP contribution in [0.3, 0.4) is 0 Å². The van der Waals surface area contributed by atoms with Crippen molar-refractivity contribution in [3.05, 3.63) is 18.0 Å². The molecule has 0 bridgehead atoms. The van der Waals surface area contributed by atoms with E-state index in [4.69, 9.17) is 0 Å². The minimum absolute atomic E-state index is 0.0367. The Morgan fingerprint density at radius 3 is 2.75 bits per heavy atom. The molecule has 0 N–H and O–H groups in total. The summed E-state index contributed by atoms with van der Waals surface area (Å²) in [6.45, 7) is 1.77. The minimum Gasteiger partial charge on any atom is -0.549 e. The molecule has 0 radical (unpaired) electrons. The van der Waals surface area contributed by atoms with Crippen molar-refractivity contribution in [2.24, 2.45) is 13.0 Å². The predicted octanol–water partition coefficient (Wildman–Crippen LogP) is -1.11. The quantitative estimate of drug-likeness (QED) is 0.468. The van der Waals surface area contributed by atoms with E-state index in [1.54, 1.807) is 20.2 Å². The van der Waals surface area contributed by atoms with Crippen LogP contribution in [0.1, 0.15) is 12.5 Å². The highest BCUT2D eigenvalue weighted by Crippen LogP contribution is 2.09. The Morgan fingerprint density at radius 1 is 1.62 bits per heavy atom. The SMILES string of the molecule is CCOC(=O)C(Cc1cnn(C)c1)C(=O)[O-]. The van der Waals surface area contributed by atoms with Crippen molar-refractivity contribution in [2.75, 3.05) is 6.61 Å². The van der Waals surface area contributed by atoms with Crippen LogP contribution in [0.15, 0.2) is 12.4 Å². The van der Waals surface area contributed by atoms with Crippen LogP contribution in [0.5, 0.6) is 0 Å². The van der Waals surface area contributed by atoms with Gasteiger partial charge in [-0.2, -0.15) is 5.10 Å². The van der Waals surface area contributed by atoms with Crippen molar-refractivity contribution in [2.45, 2.75) is 13.3 Å². The molecular formula is C10H13N2O4-. The number of carbonyl (C=O) groups is 2. The Balaban J connectivity index is 2.72. The van der Waals surface area contributed by atoms with Crippen molar-refractivity contribution in [1.82, 2.24) is 9.78 Å². The highest BCUT2D eigenvalue weighted by Gasteiger charge is 2.22. The largest absolute Gasteiger partial charge is 0.549 e. The van der Waals surface area contributed by atoms with E-state index < -0.39 is 17.9 Å². The number of nitrogens with zero attached hydrogens (tertiary/aromatic N) is 2. The zero-order valence-electron chi connectivity index (χ0n) is 9.17. The molecule has 1 unspecified atom stereocenters. The van der Waals surface area contributed by atoms with Gasteiger partial charge in [0.25, 0.3) is 0 Å². The van der Waals surface area contributed by atoms with Crippen LogP contribution in [0.4, 0.5) is 0 Å². The summed E-state index contributed by atoms with van der Waals surface area (Å²) >= 11 is 0. The first-order valence-electron chi connectivity index (χ1n) is 4.89. The fourth-order valence-corrected chi connectivity index (χ4v) is 1.32. The Labute approximate surface area is 92.8 Å². The van der Waals surface area contributed by atoms with Gasteiger partial charge in [0.15, 0.2) is 0 Å². The van der Waals surface area contributed by atoms with Gasteiger partial charge in [0.2, 0.25) is 0 Å². The standard InChI is InChI=1S/C10H14N2O4/c1-3-16-10(15)8(9(13)14)4-7-5-11-12(2)6-7/h5-6,8H,3-4H2,1-2H3,(H,13,14)/p-1. The van der Waals surface area contributed by atoms with Gasteiger partial charge >= 0.3 is 5.97 Å². The van der Waals surface area contributed by atoms with E-state index in [-0.39, 0.29) is 13.0 Å². The number of carbonyl (C=O) groups excluding carboxylic acids is 2. The molecule has 1 atom stereocenters. The average molecular weight is 225 g/mol. The van der Waals surface area contributed by atoms with Gasteiger partial charge in [-0.15, -0.1) is 0 Å². The number of ether oxygens (including phenoxy) is 1. The van der Waals surface area contributed by atoms with E-state index in [0.717, 1.165) is 0 Å². The number of hydrogen-bond acceptors (Lipinski definition) is 5. The van der Waals surface area contributed by atoms with Crippen molar-refractivity contribution in [3.8, 4) is 0 Å². The molecule has 1 rings (SSSR count). The van der Waals surface area contributed by atoms with Crippen LogP contribution in [0, 0.1) is 5.92 Å². The number of carboxylic acid groups (broad SMARTS) is 1. The van der Waals surface area contributed by atoms with Crippen LogP contribution in [-0.4, -0.2) is 28.3 Å². The Kier molecular flexibility index (Phi) is 4.04.